The molecule has 210 valence electrons. The topological polar surface area (TPSA) is 57.4 Å². The molecular weight excluding hydrogens is 584 g/mol. The van der Waals surface area contributed by atoms with Crippen molar-refractivity contribution in [1.29, 1.82) is 0 Å². The standard InChI is InChI=1S/C20H14N4.Al.3BF4/c1-2-14-10-16-5-6-18(23-16)12-20-8-7-19(24-20)11-17-4-3-15(22-17)9-13(1)21-14;;3*2-1(3,4)5/h1-12,21-22H;;;;/q;+3;3*-1. The molecule has 0 saturated heterocycles. The fourth-order valence-corrected chi connectivity index (χ4v) is 2.94. The van der Waals surface area contributed by atoms with Crippen LogP contribution in [0, 0.1) is 0 Å². The Bertz CT molecular complexity index is 1340. The van der Waals surface area contributed by atoms with Gasteiger partial charge in [-0.15, -0.1) is 0 Å². The zero-order valence-corrected chi connectivity index (χ0v) is 20.8. The first-order chi connectivity index (χ1) is 17.8. The summed E-state index contributed by atoms with van der Waals surface area (Å²) in [7, 11) is -18.0. The zero-order valence-electron chi connectivity index (χ0n) is 19.7. The van der Waals surface area contributed by atoms with Gasteiger partial charge >= 0.3 is 39.1 Å². The van der Waals surface area contributed by atoms with Gasteiger partial charge in [-0.05, 0) is 72.8 Å². The molecule has 2 N–H and O–H groups in total. The Morgan fingerprint density at radius 3 is 0.900 bits per heavy atom. The van der Waals surface area contributed by atoms with Crippen molar-refractivity contribution >= 4 is 85.5 Å². The fourth-order valence-electron chi connectivity index (χ4n) is 2.94. The van der Waals surface area contributed by atoms with E-state index in [1.165, 1.54) is 0 Å². The maximum atomic E-state index is 9.75. The molecule has 8 bridgehead atoms. The minimum Gasteiger partial charge on any atom is -0.418 e. The van der Waals surface area contributed by atoms with Crippen LogP contribution in [0.1, 0.15) is 22.8 Å². The average Bonchev–Trinajstić information content (AvgIpc) is 3.50. The zero-order chi connectivity index (χ0) is 29.4. The number of fused-ring (bicyclic) bond motifs is 8. The number of halogens is 12. The number of hydrogen-bond acceptors (Lipinski definition) is 2. The van der Waals surface area contributed by atoms with Gasteiger partial charge in [0.1, 0.15) is 0 Å². The molecule has 2 aliphatic heterocycles. The van der Waals surface area contributed by atoms with Gasteiger partial charge in [0.2, 0.25) is 0 Å². The molecule has 0 amide bonds. The van der Waals surface area contributed by atoms with Gasteiger partial charge in [-0.25, -0.2) is 9.97 Å². The van der Waals surface area contributed by atoms with Crippen LogP contribution in [0.3, 0.4) is 0 Å². The van der Waals surface area contributed by atoms with Crippen molar-refractivity contribution in [1.82, 2.24) is 19.9 Å². The Morgan fingerprint density at radius 2 is 0.625 bits per heavy atom. The van der Waals surface area contributed by atoms with Gasteiger partial charge in [0, 0.05) is 22.1 Å². The van der Waals surface area contributed by atoms with Crippen molar-refractivity contribution in [2.75, 3.05) is 0 Å². The van der Waals surface area contributed by atoms with E-state index < -0.39 is 21.8 Å². The molecule has 5 rings (SSSR count). The fraction of sp³-hybridized carbons (Fsp3) is 0. The minimum atomic E-state index is -6.00. The number of H-pyrrole nitrogens is 2. The Labute approximate surface area is 228 Å². The second kappa shape index (κ2) is 14.2. The second-order valence-corrected chi connectivity index (χ2v) is 7.39. The van der Waals surface area contributed by atoms with Crippen molar-refractivity contribution < 1.29 is 51.8 Å². The molecule has 0 aromatic carbocycles. The number of hydrogen-bond donors (Lipinski definition) is 2. The van der Waals surface area contributed by atoms with Crippen LogP contribution in [0.4, 0.5) is 51.8 Å². The molecule has 4 nitrogen and oxygen atoms in total. The van der Waals surface area contributed by atoms with Crippen molar-refractivity contribution in [3.05, 3.63) is 71.3 Å². The minimum absolute atomic E-state index is 0. The summed E-state index contributed by atoms with van der Waals surface area (Å²) < 4.78 is 117. The van der Waals surface area contributed by atoms with E-state index in [0.717, 1.165) is 44.8 Å². The summed E-state index contributed by atoms with van der Waals surface area (Å²) in [5, 5.41) is 0. The molecule has 0 radical (unpaired) electrons. The van der Waals surface area contributed by atoms with E-state index in [0.29, 0.717) is 0 Å². The van der Waals surface area contributed by atoms with Gasteiger partial charge < -0.3 is 61.8 Å². The summed E-state index contributed by atoms with van der Waals surface area (Å²) in [6, 6.07) is 16.4. The maximum absolute atomic E-state index is 9.75. The molecule has 0 unspecified atom stereocenters. The SMILES string of the molecule is C1=Cc2cc3ccc(cc4ccc(cc5nc(cc1n2)C=C5)[nH]4)[nH]3.F[B-](F)(F)F.F[B-](F)(F)F.F[B-](F)(F)F.[Al+3]. The molecule has 0 saturated carbocycles. The number of aromatic amines is 2. The molecule has 20 heteroatoms. The summed E-state index contributed by atoms with van der Waals surface area (Å²) in [5.41, 5.74) is 7.86. The normalized spacial score (nSPS) is 12.1. The van der Waals surface area contributed by atoms with E-state index in [9.17, 15) is 51.8 Å². The Balaban J connectivity index is 0.000000419. The van der Waals surface area contributed by atoms with Gasteiger partial charge in [0.05, 0.1) is 22.8 Å². The molecule has 40 heavy (non-hydrogen) atoms. The summed E-state index contributed by atoms with van der Waals surface area (Å²) in [4.78, 5) is 16.0. The smallest absolute Gasteiger partial charge is 0.418 e. The van der Waals surface area contributed by atoms with E-state index in [2.05, 4.69) is 50.3 Å². The molecule has 5 heterocycles. The van der Waals surface area contributed by atoms with Crippen molar-refractivity contribution in [2.24, 2.45) is 0 Å². The average molecular weight is 598 g/mol. The van der Waals surface area contributed by atoms with Crippen LogP contribution < -0.4 is 0 Å². The number of nitrogens with zero attached hydrogens (tertiary/aromatic N) is 2. The Morgan fingerprint density at radius 1 is 0.400 bits per heavy atom. The van der Waals surface area contributed by atoms with E-state index >= 15 is 0 Å². The quantitative estimate of drug-likeness (QED) is 0.140. The molecule has 2 aliphatic rings. The van der Waals surface area contributed by atoms with Crippen molar-refractivity contribution in [3.8, 4) is 0 Å². The Hall–Kier alpha value is -3.51. The molecule has 0 atom stereocenters. The molecule has 3 aromatic rings. The summed E-state index contributed by atoms with van der Waals surface area (Å²) in [6.07, 6.45) is 8.05. The van der Waals surface area contributed by atoms with Crippen LogP contribution in [0.25, 0.3) is 46.4 Å². The van der Waals surface area contributed by atoms with Crippen molar-refractivity contribution in [3.63, 3.8) is 0 Å². The van der Waals surface area contributed by atoms with Gasteiger partial charge in [-0.1, -0.05) is 0 Å². The van der Waals surface area contributed by atoms with Crippen LogP contribution in [-0.2, 0) is 0 Å². The van der Waals surface area contributed by atoms with Gasteiger partial charge in [0.25, 0.3) is 0 Å². The maximum Gasteiger partial charge on any atom is 3.00 e. The first-order valence-corrected chi connectivity index (χ1v) is 10.5. The first kappa shape index (κ1) is 34.5. The molecule has 0 fully saturated rings. The van der Waals surface area contributed by atoms with E-state index in [1.807, 2.05) is 42.5 Å². The number of rotatable bonds is 0. The summed E-state index contributed by atoms with van der Waals surface area (Å²) in [6.45, 7) is 0. The monoisotopic (exact) mass is 598 g/mol. The van der Waals surface area contributed by atoms with Crippen LogP contribution in [-0.4, -0.2) is 59.1 Å². The number of nitrogens with one attached hydrogen (secondary N) is 2. The van der Waals surface area contributed by atoms with E-state index in [-0.39, 0.29) is 17.4 Å². The third-order valence-corrected chi connectivity index (χ3v) is 4.04. The largest absolute Gasteiger partial charge is 3.00 e. The predicted octanol–water partition coefficient (Wildman–Crippen LogP) is 8.17. The predicted molar refractivity (Wildman–Crippen MR) is 135 cm³/mol. The van der Waals surface area contributed by atoms with Crippen LogP contribution in [0.5, 0.6) is 0 Å². The first-order valence-electron chi connectivity index (χ1n) is 10.5. The van der Waals surface area contributed by atoms with Crippen LogP contribution in [0.2, 0.25) is 0 Å². The second-order valence-electron chi connectivity index (χ2n) is 7.39. The molecule has 3 aromatic heterocycles. The molecule has 0 aliphatic carbocycles. The van der Waals surface area contributed by atoms with Crippen LogP contribution in [0.15, 0.2) is 48.5 Å². The third-order valence-electron chi connectivity index (χ3n) is 4.04. The third kappa shape index (κ3) is 16.4. The summed E-state index contributed by atoms with van der Waals surface area (Å²) >= 11 is 0. The van der Waals surface area contributed by atoms with Gasteiger partial charge in [-0.3, -0.25) is 0 Å². The van der Waals surface area contributed by atoms with Gasteiger partial charge in [-0.2, -0.15) is 0 Å². The number of aromatic nitrogens is 4. The molecular formula is C20H14AlB3F12N4. The van der Waals surface area contributed by atoms with E-state index in [4.69, 9.17) is 0 Å². The van der Waals surface area contributed by atoms with Crippen molar-refractivity contribution in [2.45, 2.75) is 0 Å². The Kier molecular flexibility index (Phi) is 12.3. The van der Waals surface area contributed by atoms with E-state index in [1.54, 1.807) is 0 Å². The van der Waals surface area contributed by atoms with Gasteiger partial charge in [0.15, 0.2) is 0 Å². The summed E-state index contributed by atoms with van der Waals surface area (Å²) in [5.74, 6) is 0. The van der Waals surface area contributed by atoms with Crippen LogP contribution >= 0.6 is 0 Å². The molecule has 0 spiro atoms.